The van der Waals surface area contributed by atoms with Crippen LogP contribution in [0.5, 0.6) is 11.5 Å². The van der Waals surface area contributed by atoms with Crippen LogP contribution in [0.25, 0.3) is 0 Å². The maximum atomic E-state index is 13.6. The first-order chi connectivity index (χ1) is 15.1. The summed E-state index contributed by atoms with van der Waals surface area (Å²) in [6.07, 6.45) is 0. The number of carbonyl (C=O) groups excluding carboxylic acids is 1. The van der Waals surface area contributed by atoms with Gasteiger partial charge in [-0.2, -0.15) is 0 Å². The van der Waals surface area contributed by atoms with E-state index in [1.54, 1.807) is 6.07 Å². The lowest BCUT2D eigenvalue weighted by atomic mass is 10.1. The molecule has 3 rings (SSSR count). The highest BCUT2D eigenvalue weighted by Gasteiger charge is 2.25. The van der Waals surface area contributed by atoms with Gasteiger partial charge < -0.3 is 19.1 Å². The Labute approximate surface area is 185 Å². The molecule has 1 aliphatic rings. The number of amides is 1. The number of rotatable bonds is 10. The van der Waals surface area contributed by atoms with Gasteiger partial charge in [0.15, 0.2) is 11.5 Å². The molecular formula is C25H34N2O4. The molecular weight excluding hydrogens is 392 g/mol. The molecule has 6 heteroatoms. The van der Waals surface area contributed by atoms with Gasteiger partial charge >= 0.3 is 0 Å². The lowest BCUT2D eigenvalue weighted by molar-refractivity contribution is 0.0228. The number of benzene rings is 2. The van der Waals surface area contributed by atoms with Gasteiger partial charge in [0.1, 0.15) is 0 Å². The van der Waals surface area contributed by atoms with Crippen LogP contribution in [0.4, 0.5) is 0 Å². The van der Waals surface area contributed by atoms with E-state index in [-0.39, 0.29) is 11.9 Å². The molecule has 1 atom stereocenters. The van der Waals surface area contributed by atoms with Gasteiger partial charge in [0.2, 0.25) is 0 Å². The molecule has 6 nitrogen and oxygen atoms in total. The first kappa shape index (κ1) is 23.1. The Balaban J connectivity index is 1.84. The third kappa shape index (κ3) is 6.45. The summed E-state index contributed by atoms with van der Waals surface area (Å²) in [5, 5.41) is 0. The van der Waals surface area contributed by atoms with Crippen molar-refractivity contribution in [2.45, 2.75) is 33.4 Å². The Bertz CT molecular complexity index is 822. The third-order valence-corrected chi connectivity index (χ3v) is 5.41. The van der Waals surface area contributed by atoms with Gasteiger partial charge in [0, 0.05) is 37.8 Å². The van der Waals surface area contributed by atoms with Gasteiger partial charge in [-0.1, -0.05) is 30.3 Å². The molecule has 1 amide bonds. The molecule has 168 valence electrons. The molecule has 1 unspecified atom stereocenters. The first-order valence-corrected chi connectivity index (χ1v) is 11.2. The minimum Gasteiger partial charge on any atom is -0.490 e. The fourth-order valence-corrected chi connectivity index (χ4v) is 3.81. The van der Waals surface area contributed by atoms with Crippen molar-refractivity contribution in [1.82, 2.24) is 9.80 Å². The van der Waals surface area contributed by atoms with E-state index in [0.29, 0.717) is 36.8 Å². The minimum atomic E-state index is -0.00591. The van der Waals surface area contributed by atoms with Crippen LogP contribution in [0.1, 0.15) is 36.7 Å². The Kier molecular flexibility index (Phi) is 8.74. The molecule has 1 heterocycles. The maximum Gasteiger partial charge on any atom is 0.254 e. The highest BCUT2D eigenvalue weighted by Crippen LogP contribution is 2.29. The molecule has 1 aliphatic heterocycles. The summed E-state index contributed by atoms with van der Waals surface area (Å²) < 4.78 is 16.9. The Morgan fingerprint density at radius 2 is 1.71 bits per heavy atom. The maximum absolute atomic E-state index is 13.6. The quantitative estimate of drug-likeness (QED) is 0.578. The van der Waals surface area contributed by atoms with Crippen molar-refractivity contribution in [3.8, 4) is 11.5 Å². The van der Waals surface area contributed by atoms with Gasteiger partial charge in [-0.05, 0) is 44.5 Å². The molecule has 0 radical (unpaired) electrons. The molecule has 0 bridgehead atoms. The second-order valence-corrected chi connectivity index (χ2v) is 7.71. The second-order valence-electron chi connectivity index (χ2n) is 7.71. The van der Waals surface area contributed by atoms with E-state index in [0.717, 1.165) is 38.4 Å². The number of nitrogens with zero attached hydrogens (tertiary/aromatic N) is 2. The van der Waals surface area contributed by atoms with E-state index in [2.05, 4.69) is 24.0 Å². The third-order valence-electron chi connectivity index (χ3n) is 5.41. The van der Waals surface area contributed by atoms with Crippen LogP contribution in [0.2, 0.25) is 0 Å². The molecule has 0 aliphatic carbocycles. The van der Waals surface area contributed by atoms with Crippen molar-refractivity contribution in [2.75, 3.05) is 46.1 Å². The monoisotopic (exact) mass is 426 g/mol. The van der Waals surface area contributed by atoms with Crippen molar-refractivity contribution in [3.63, 3.8) is 0 Å². The zero-order valence-corrected chi connectivity index (χ0v) is 18.9. The smallest absolute Gasteiger partial charge is 0.254 e. The highest BCUT2D eigenvalue weighted by molar-refractivity contribution is 5.95. The van der Waals surface area contributed by atoms with E-state index in [4.69, 9.17) is 14.2 Å². The SMILES string of the molecule is CCOc1ccc(C(=O)N(Cc2ccccc2)C(C)CN2CCOCC2)cc1OCC. The van der Waals surface area contributed by atoms with Gasteiger partial charge in [-0.25, -0.2) is 0 Å². The number of hydrogen-bond acceptors (Lipinski definition) is 5. The molecule has 0 N–H and O–H groups in total. The lowest BCUT2D eigenvalue weighted by Crippen LogP contribution is -2.48. The summed E-state index contributed by atoms with van der Waals surface area (Å²) in [6, 6.07) is 15.6. The number of hydrogen-bond donors (Lipinski definition) is 0. The van der Waals surface area contributed by atoms with Gasteiger partial charge in [-0.3, -0.25) is 9.69 Å². The summed E-state index contributed by atoms with van der Waals surface area (Å²) in [5.74, 6) is 1.26. The van der Waals surface area contributed by atoms with Crippen molar-refractivity contribution < 1.29 is 19.0 Å². The zero-order chi connectivity index (χ0) is 22.1. The van der Waals surface area contributed by atoms with E-state index >= 15 is 0 Å². The predicted octanol–water partition coefficient (Wildman–Crippen LogP) is 3.85. The molecule has 2 aromatic carbocycles. The van der Waals surface area contributed by atoms with Crippen LogP contribution in [0.15, 0.2) is 48.5 Å². The summed E-state index contributed by atoms with van der Waals surface area (Å²) in [6.45, 7) is 11.7. The summed E-state index contributed by atoms with van der Waals surface area (Å²) in [5.41, 5.74) is 1.72. The van der Waals surface area contributed by atoms with Gasteiger partial charge in [0.05, 0.1) is 26.4 Å². The van der Waals surface area contributed by atoms with Crippen molar-refractivity contribution in [2.24, 2.45) is 0 Å². The first-order valence-electron chi connectivity index (χ1n) is 11.2. The van der Waals surface area contributed by atoms with Crippen LogP contribution in [-0.2, 0) is 11.3 Å². The fraction of sp³-hybridized carbons (Fsp3) is 0.480. The number of ether oxygens (including phenoxy) is 3. The van der Waals surface area contributed by atoms with Crippen molar-refractivity contribution in [3.05, 3.63) is 59.7 Å². The molecule has 0 aromatic heterocycles. The van der Waals surface area contributed by atoms with Gasteiger partial charge in [0.25, 0.3) is 5.91 Å². The summed E-state index contributed by atoms with van der Waals surface area (Å²) >= 11 is 0. The molecule has 31 heavy (non-hydrogen) atoms. The molecule has 0 saturated carbocycles. The molecule has 2 aromatic rings. The van der Waals surface area contributed by atoms with Crippen LogP contribution in [0, 0.1) is 0 Å². The van der Waals surface area contributed by atoms with E-state index in [1.165, 1.54) is 0 Å². The fourth-order valence-electron chi connectivity index (χ4n) is 3.81. The van der Waals surface area contributed by atoms with Crippen LogP contribution < -0.4 is 9.47 Å². The van der Waals surface area contributed by atoms with Crippen molar-refractivity contribution >= 4 is 5.91 Å². The molecule has 1 saturated heterocycles. The summed E-state index contributed by atoms with van der Waals surface area (Å²) in [7, 11) is 0. The second kappa shape index (κ2) is 11.7. The van der Waals surface area contributed by atoms with E-state index < -0.39 is 0 Å². The van der Waals surface area contributed by atoms with Crippen molar-refractivity contribution in [1.29, 1.82) is 0 Å². The zero-order valence-electron chi connectivity index (χ0n) is 18.9. The van der Waals surface area contributed by atoms with E-state index in [9.17, 15) is 4.79 Å². The largest absolute Gasteiger partial charge is 0.490 e. The minimum absolute atomic E-state index is 0.00591. The predicted molar refractivity (Wildman–Crippen MR) is 122 cm³/mol. The van der Waals surface area contributed by atoms with Crippen LogP contribution in [-0.4, -0.2) is 67.8 Å². The standard InChI is InChI=1S/C25H34N2O4/c1-4-30-23-12-11-22(17-24(23)31-5-2)25(28)27(19-21-9-7-6-8-10-21)20(3)18-26-13-15-29-16-14-26/h6-12,17,20H,4-5,13-16,18-19H2,1-3H3. The topological polar surface area (TPSA) is 51.2 Å². The molecule has 0 spiro atoms. The number of carbonyl (C=O) groups is 1. The Hall–Kier alpha value is -2.57. The van der Waals surface area contributed by atoms with E-state index in [1.807, 2.05) is 49.1 Å². The van der Waals surface area contributed by atoms with Gasteiger partial charge in [-0.15, -0.1) is 0 Å². The summed E-state index contributed by atoms with van der Waals surface area (Å²) in [4.78, 5) is 18.0. The van der Waals surface area contributed by atoms with Crippen LogP contribution in [0.3, 0.4) is 0 Å². The number of morpholine rings is 1. The lowest BCUT2D eigenvalue weighted by Gasteiger charge is -2.35. The Morgan fingerprint density at radius 3 is 2.39 bits per heavy atom. The highest BCUT2D eigenvalue weighted by atomic mass is 16.5. The molecule has 1 fully saturated rings. The Morgan fingerprint density at radius 1 is 1.03 bits per heavy atom. The van der Waals surface area contributed by atoms with Crippen LogP contribution >= 0.6 is 0 Å². The normalized spacial score (nSPS) is 15.3. The average Bonchev–Trinajstić information content (AvgIpc) is 2.80. The average molecular weight is 427 g/mol.